The minimum atomic E-state index is -0.278. The molecular formula is C22H36N4O5S. The highest BCUT2D eigenvalue weighted by molar-refractivity contribution is 7.18. The van der Waals surface area contributed by atoms with E-state index in [1.807, 2.05) is 27.7 Å². The number of fused-ring (bicyclic) bond motifs is 1. The van der Waals surface area contributed by atoms with Gasteiger partial charge in [-0.05, 0) is 51.5 Å². The smallest absolute Gasteiger partial charge is 0.332 e. The molecule has 32 heavy (non-hydrogen) atoms. The first-order valence-electron chi connectivity index (χ1n) is 10.7. The Morgan fingerprint density at radius 2 is 1.81 bits per heavy atom. The molecule has 0 spiro atoms. The summed E-state index contributed by atoms with van der Waals surface area (Å²) in [4.78, 5) is 38.1. The van der Waals surface area contributed by atoms with E-state index in [1.54, 1.807) is 18.8 Å². The molecule has 1 aliphatic carbocycles. The van der Waals surface area contributed by atoms with Gasteiger partial charge in [0.25, 0.3) is 5.56 Å². The van der Waals surface area contributed by atoms with Crippen molar-refractivity contribution in [3.63, 3.8) is 0 Å². The Labute approximate surface area is 192 Å². The van der Waals surface area contributed by atoms with Gasteiger partial charge in [-0.3, -0.25) is 24.1 Å². The fourth-order valence-corrected chi connectivity index (χ4v) is 4.31. The van der Waals surface area contributed by atoms with Gasteiger partial charge in [-0.15, -0.1) is 11.3 Å². The number of thiophene rings is 1. The van der Waals surface area contributed by atoms with E-state index in [4.69, 9.17) is 9.47 Å². The van der Waals surface area contributed by atoms with Crippen LogP contribution in [-0.4, -0.2) is 42.0 Å². The van der Waals surface area contributed by atoms with Gasteiger partial charge in [-0.2, -0.15) is 0 Å². The lowest BCUT2D eigenvalue weighted by Gasteiger charge is -2.14. The van der Waals surface area contributed by atoms with Gasteiger partial charge in [0.15, 0.2) is 0 Å². The first kappa shape index (κ1) is 26.2. The number of hydrazine groups is 1. The van der Waals surface area contributed by atoms with Gasteiger partial charge in [0.1, 0.15) is 4.83 Å². The number of methoxy groups -OCH3 is 2. The van der Waals surface area contributed by atoms with Crippen LogP contribution in [0.25, 0.3) is 10.2 Å². The zero-order chi connectivity index (χ0) is 24.1. The Morgan fingerprint density at radius 1 is 1.19 bits per heavy atom. The van der Waals surface area contributed by atoms with Crippen LogP contribution in [0.1, 0.15) is 51.0 Å². The summed E-state index contributed by atoms with van der Waals surface area (Å²) in [5.41, 5.74) is 5.60. The minimum absolute atomic E-state index is 0.0396. The molecule has 180 valence electrons. The van der Waals surface area contributed by atoms with Crippen LogP contribution >= 0.6 is 11.3 Å². The highest BCUT2D eigenvalue weighted by Crippen LogP contribution is 2.46. The fourth-order valence-electron chi connectivity index (χ4n) is 3.05. The highest BCUT2D eigenvalue weighted by atomic mass is 32.1. The molecule has 0 radical (unpaired) electrons. The summed E-state index contributed by atoms with van der Waals surface area (Å²) >= 11 is 1.40. The van der Waals surface area contributed by atoms with Crippen molar-refractivity contribution in [1.29, 1.82) is 0 Å². The predicted octanol–water partition coefficient (Wildman–Crippen LogP) is 2.16. The van der Waals surface area contributed by atoms with Gasteiger partial charge >= 0.3 is 5.69 Å². The van der Waals surface area contributed by atoms with Crippen LogP contribution in [-0.2, 0) is 33.9 Å². The van der Waals surface area contributed by atoms with Crippen molar-refractivity contribution in [2.24, 2.45) is 5.41 Å². The maximum absolute atomic E-state index is 13.1. The summed E-state index contributed by atoms with van der Waals surface area (Å²) in [5.74, 6) is 0. The maximum Gasteiger partial charge on any atom is 0.332 e. The lowest BCUT2D eigenvalue weighted by atomic mass is 10.1. The number of hydrogen-bond donors (Lipinski definition) is 2. The van der Waals surface area contributed by atoms with Gasteiger partial charge in [0, 0.05) is 32.2 Å². The number of aromatic nitrogens is 2. The zero-order valence-corrected chi connectivity index (χ0v) is 21.0. The topological polar surface area (TPSA) is 104 Å². The van der Waals surface area contributed by atoms with Crippen LogP contribution in [0, 0.1) is 12.3 Å². The highest BCUT2D eigenvalue weighted by Gasteiger charge is 2.38. The Kier molecular flexibility index (Phi) is 8.81. The summed E-state index contributed by atoms with van der Waals surface area (Å²) in [6.07, 6.45) is 2.62. The van der Waals surface area contributed by atoms with Gasteiger partial charge < -0.3 is 9.47 Å². The molecule has 0 unspecified atom stereocenters. The molecule has 10 heteroatoms. The average Bonchev–Trinajstić information content (AvgIpc) is 3.37. The van der Waals surface area contributed by atoms with Crippen molar-refractivity contribution in [1.82, 2.24) is 20.0 Å². The van der Waals surface area contributed by atoms with Gasteiger partial charge in [-0.25, -0.2) is 10.2 Å². The van der Waals surface area contributed by atoms with Crippen molar-refractivity contribution in [2.75, 3.05) is 20.8 Å². The Morgan fingerprint density at radius 3 is 2.31 bits per heavy atom. The van der Waals surface area contributed by atoms with Gasteiger partial charge in [0.2, 0.25) is 6.41 Å². The number of amides is 1. The third kappa shape index (κ3) is 6.50. The van der Waals surface area contributed by atoms with Crippen molar-refractivity contribution in [2.45, 2.75) is 72.7 Å². The normalized spacial score (nSPS) is 14.7. The largest absolute Gasteiger partial charge is 0.383 e. The van der Waals surface area contributed by atoms with E-state index < -0.39 is 0 Å². The summed E-state index contributed by atoms with van der Waals surface area (Å²) in [5, 5.41) is 0.581. The summed E-state index contributed by atoms with van der Waals surface area (Å²) in [6.45, 7) is 11.7. The molecule has 1 amide bonds. The first-order valence-corrected chi connectivity index (χ1v) is 11.5. The number of nitrogens with one attached hydrogen (secondary N) is 2. The Balaban J connectivity index is 0.000000534. The van der Waals surface area contributed by atoms with Crippen LogP contribution in [0.3, 0.4) is 0 Å². The number of carbonyl (C=O) groups is 1. The third-order valence-corrected chi connectivity index (χ3v) is 6.89. The molecule has 0 aliphatic heterocycles. The van der Waals surface area contributed by atoms with E-state index in [-0.39, 0.29) is 22.3 Å². The summed E-state index contributed by atoms with van der Waals surface area (Å²) in [6, 6.07) is 0. The molecule has 2 aromatic rings. The quantitative estimate of drug-likeness (QED) is 0.332. The second-order valence-corrected chi connectivity index (χ2v) is 10.5. The first-order chi connectivity index (χ1) is 15.0. The fraction of sp³-hybridized carbons (Fsp3) is 0.682. The molecule has 0 saturated heterocycles. The Hall–Kier alpha value is -2.01. The van der Waals surface area contributed by atoms with Crippen molar-refractivity contribution in [3.05, 3.63) is 31.3 Å². The molecule has 0 atom stereocenters. The molecule has 1 aliphatic rings. The second kappa shape index (κ2) is 10.7. The van der Waals surface area contributed by atoms with E-state index >= 15 is 0 Å². The molecular weight excluding hydrogens is 432 g/mol. The van der Waals surface area contributed by atoms with E-state index in [0.29, 0.717) is 42.9 Å². The number of rotatable bonds is 9. The molecule has 2 N–H and O–H groups in total. The molecule has 0 aromatic carbocycles. The minimum Gasteiger partial charge on any atom is -0.383 e. The van der Waals surface area contributed by atoms with Gasteiger partial charge in [0.05, 0.1) is 24.1 Å². The maximum atomic E-state index is 13.1. The lowest BCUT2D eigenvalue weighted by molar-refractivity contribution is -0.110. The van der Waals surface area contributed by atoms with Crippen molar-refractivity contribution in [3.8, 4) is 0 Å². The van der Waals surface area contributed by atoms with E-state index in [0.717, 1.165) is 23.3 Å². The van der Waals surface area contributed by atoms with Crippen LogP contribution in [0.4, 0.5) is 0 Å². The van der Waals surface area contributed by atoms with E-state index in [1.165, 1.54) is 15.9 Å². The van der Waals surface area contributed by atoms with E-state index in [9.17, 15) is 14.4 Å². The summed E-state index contributed by atoms with van der Waals surface area (Å²) < 4.78 is 13.1. The second-order valence-electron chi connectivity index (χ2n) is 9.39. The number of aryl methyl sites for hydroxylation is 1. The van der Waals surface area contributed by atoms with E-state index in [2.05, 4.69) is 17.8 Å². The molecule has 1 saturated carbocycles. The SMILES string of the molecule is COC(C)(C)C.COCCn1c(=O)n(CC2(C)CC2)c(=O)c2c(C)c(CNNC=O)sc21. The zero-order valence-electron chi connectivity index (χ0n) is 20.2. The van der Waals surface area contributed by atoms with Gasteiger partial charge in [-0.1, -0.05) is 6.92 Å². The van der Waals surface area contributed by atoms with Crippen molar-refractivity contribution >= 4 is 28.0 Å². The molecule has 1 fully saturated rings. The number of carbonyl (C=O) groups excluding carboxylic acids is 1. The summed E-state index contributed by atoms with van der Waals surface area (Å²) in [7, 11) is 3.30. The third-order valence-electron chi connectivity index (χ3n) is 5.58. The Bertz CT molecular complexity index is 1040. The van der Waals surface area contributed by atoms with Crippen LogP contribution < -0.4 is 22.1 Å². The molecule has 9 nitrogen and oxygen atoms in total. The van der Waals surface area contributed by atoms with Crippen LogP contribution in [0.5, 0.6) is 0 Å². The lowest BCUT2D eigenvalue weighted by Crippen LogP contribution is -2.41. The number of hydrogen-bond acceptors (Lipinski definition) is 7. The monoisotopic (exact) mass is 468 g/mol. The average molecular weight is 469 g/mol. The predicted molar refractivity (Wildman–Crippen MR) is 127 cm³/mol. The molecule has 2 heterocycles. The van der Waals surface area contributed by atoms with Crippen molar-refractivity contribution < 1.29 is 14.3 Å². The van der Waals surface area contributed by atoms with Crippen LogP contribution in [0.15, 0.2) is 9.59 Å². The molecule has 0 bridgehead atoms. The standard InChI is InChI=1S/C17H24N4O4S.C5H12O/c1-11-12(8-18-19-10-22)26-15-13(11)14(23)21(9-17(2)4-5-17)16(24)20(15)6-7-25-3;1-5(2,3)6-4/h10,18H,4-9H2,1-3H3,(H,19,22);1-4H3. The van der Waals surface area contributed by atoms with Crippen LogP contribution in [0.2, 0.25) is 0 Å². The number of ether oxygens (including phenoxy) is 2. The molecule has 3 rings (SSSR count). The molecule has 2 aromatic heterocycles. The number of nitrogens with zero attached hydrogens (tertiary/aromatic N) is 2.